The van der Waals surface area contributed by atoms with E-state index < -0.39 is 0 Å². The van der Waals surface area contributed by atoms with E-state index in [1.165, 1.54) is 11.3 Å². The highest BCUT2D eigenvalue weighted by molar-refractivity contribution is 7.16. The molecule has 2 saturated heterocycles. The molecule has 1 aromatic rings. The molecule has 0 atom stereocenters. The van der Waals surface area contributed by atoms with Crippen molar-refractivity contribution in [1.29, 1.82) is 0 Å². The predicted molar refractivity (Wildman–Crippen MR) is 104 cm³/mol. The molecule has 2 fully saturated rings. The molecule has 2 amide bonds. The van der Waals surface area contributed by atoms with Crippen LogP contribution >= 0.6 is 22.9 Å². The molecule has 26 heavy (non-hydrogen) atoms. The summed E-state index contributed by atoms with van der Waals surface area (Å²) < 4.78 is 0.750. The molecule has 144 valence electrons. The third kappa shape index (κ3) is 5.42. The lowest BCUT2D eigenvalue weighted by Crippen LogP contribution is -2.51. The zero-order valence-electron chi connectivity index (χ0n) is 15.3. The van der Waals surface area contributed by atoms with Gasteiger partial charge in [-0.15, -0.1) is 11.3 Å². The van der Waals surface area contributed by atoms with Crippen molar-refractivity contribution in [2.75, 3.05) is 59.4 Å². The van der Waals surface area contributed by atoms with E-state index in [9.17, 15) is 9.59 Å². The van der Waals surface area contributed by atoms with Crippen molar-refractivity contribution >= 4 is 34.8 Å². The normalized spacial score (nSPS) is 19.1. The van der Waals surface area contributed by atoms with E-state index in [2.05, 4.69) is 9.80 Å². The van der Waals surface area contributed by atoms with Crippen molar-refractivity contribution in [1.82, 2.24) is 19.6 Å². The smallest absolute Gasteiger partial charge is 0.236 e. The first-order chi connectivity index (χ1) is 12.5. The highest BCUT2D eigenvalue weighted by Gasteiger charge is 2.24. The van der Waals surface area contributed by atoms with E-state index in [1.807, 2.05) is 24.1 Å². The molecule has 2 aliphatic rings. The van der Waals surface area contributed by atoms with Gasteiger partial charge in [0.15, 0.2) is 0 Å². The lowest BCUT2D eigenvalue weighted by molar-refractivity contribution is -0.134. The van der Waals surface area contributed by atoms with Crippen LogP contribution in [-0.2, 0) is 16.1 Å². The number of likely N-dealkylation sites (tertiary alicyclic amines) is 1. The van der Waals surface area contributed by atoms with Gasteiger partial charge in [0, 0.05) is 51.2 Å². The Labute approximate surface area is 164 Å². The fourth-order valence-corrected chi connectivity index (χ4v) is 4.58. The summed E-state index contributed by atoms with van der Waals surface area (Å²) in [5, 5.41) is 0. The van der Waals surface area contributed by atoms with Gasteiger partial charge in [-0.3, -0.25) is 19.4 Å². The van der Waals surface area contributed by atoms with Crippen LogP contribution in [0, 0.1) is 0 Å². The second kappa shape index (κ2) is 9.17. The topological polar surface area (TPSA) is 47.1 Å². The van der Waals surface area contributed by atoms with E-state index in [-0.39, 0.29) is 11.8 Å². The Bertz CT molecular complexity index is 624. The molecule has 2 aliphatic heterocycles. The molecular formula is C18H27ClN4O2S. The highest BCUT2D eigenvalue weighted by Crippen LogP contribution is 2.22. The molecule has 0 bridgehead atoms. The van der Waals surface area contributed by atoms with Crippen LogP contribution in [0.15, 0.2) is 12.1 Å². The summed E-state index contributed by atoms with van der Waals surface area (Å²) in [6.07, 6.45) is 2.26. The van der Waals surface area contributed by atoms with Crippen LogP contribution in [0.1, 0.15) is 17.7 Å². The van der Waals surface area contributed by atoms with Gasteiger partial charge in [0.25, 0.3) is 0 Å². The summed E-state index contributed by atoms with van der Waals surface area (Å²) >= 11 is 7.46. The Hall–Kier alpha value is -1.15. The number of amides is 2. The van der Waals surface area contributed by atoms with E-state index in [1.54, 1.807) is 4.90 Å². The standard InChI is InChI=1S/C18H27ClN4O2S/c1-20(12-15-4-5-16(19)26-15)17(24)13-21-8-10-22(11-9-21)14-18(25)23-6-2-3-7-23/h4-5H,2-3,6-14H2,1H3. The fourth-order valence-electron chi connectivity index (χ4n) is 3.43. The summed E-state index contributed by atoms with van der Waals surface area (Å²) in [7, 11) is 1.83. The first kappa shape index (κ1) is 19.6. The van der Waals surface area contributed by atoms with Gasteiger partial charge in [-0.05, 0) is 25.0 Å². The number of thiophene rings is 1. The Morgan fingerprint density at radius 3 is 2.23 bits per heavy atom. The van der Waals surface area contributed by atoms with Crippen molar-refractivity contribution in [3.05, 3.63) is 21.3 Å². The van der Waals surface area contributed by atoms with Gasteiger partial charge in [-0.1, -0.05) is 11.6 Å². The van der Waals surface area contributed by atoms with Gasteiger partial charge in [0.2, 0.25) is 11.8 Å². The lowest BCUT2D eigenvalue weighted by Gasteiger charge is -2.35. The minimum absolute atomic E-state index is 0.121. The number of hydrogen-bond acceptors (Lipinski definition) is 5. The molecule has 0 saturated carbocycles. The van der Waals surface area contributed by atoms with Gasteiger partial charge >= 0.3 is 0 Å². The second-order valence-corrected chi connectivity index (χ2v) is 8.90. The van der Waals surface area contributed by atoms with Crippen LogP contribution in [0.4, 0.5) is 0 Å². The third-order valence-corrected chi connectivity index (χ3v) is 6.30. The SMILES string of the molecule is CN(Cc1ccc(Cl)s1)C(=O)CN1CCN(CC(=O)N2CCCC2)CC1. The monoisotopic (exact) mass is 398 g/mol. The van der Waals surface area contributed by atoms with Crippen molar-refractivity contribution < 1.29 is 9.59 Å². The molecule has 0 N–H and O–H groups in total. The summed E-state index contributed by atoms with van der Waals surface area (Å²) in [6, 6.07) is 3.83. The zero-order valence-corrected chi connectivity index (χ0v) is 16.9. The Morgan fingerprint density at radius 1 is 1.04 bits per heavy atom. The molecule has 6 nitrogen and oxygen atoms in total. The van der Waals surface area contributed by atoms with E-state index >= 15 is 0 Å². The number of carbonyl (C=O) groups excluding carboxylic acids is 2. The van der Waals surface area contributed by atoms with E-state index in [0.717, 1.165) is 61.3 Å². The number of nitrogens with zero attached hydrogens (tertiary/aromatic N) is 4. The summed E-state index contributed by atoms with van der Waals surface area (Å²) in [5.74, 6) is 0.373. The maximum Gasteiger partial charge on any atom is 0.236 e. The molecule has 0 radical (unpaired) electrons. The summed E-state index contributed by atoms with van der Waals surface area (Å²) in [6.45, 7) is 6.72. The van der Waals surface area contributed by atoms with Crippen molar-refractivity contribution in [2.45, 2.75) is 19.4 Å². The van der Waals surface area contributed by atoms with Crippen molar-refractivity contribution in [3.8, 4) is 0 Å². The van der Waals surface area contributed by atoms with Gasteiger partial charge in [-0.2, -0.15) is 0 Å². The molecule has 0 unspecified atom stereocenters. The van der Waals surface area contributed by atoms with Crippen LogP contribution in [0.25, 0.3) is 0 Å². The predicted octanol–water partition coefficient (Wildman–Crippen LogP) is 1.60. The number of hydrogen-bond donors (Lipinski definition) is 0. The minimum Gasteiger partial charge on any atom is -0.342 e. The summed E-state index contributed by atoms with van der Waals surface area (Å²) in [5.41, 5.74) is 0. The van der Waals surface area contributed by atoms with Gasteiger partial charge < -0.3 is 9.80 Å². The fraction of sp³-hybridized carbons (Fsp3) is 0.667. The number of rotatable bonds is 6. The van der Waals surface area contributed by atoms with Crippen molar-refractivity contribution in [3.63, 3.8) is 0 Å². The molecule has 1 aromatic heterocycles. The van der Waals surface area contributed by atoms with Crippen LogP contribution < -0.4 is 0 Å². The third-order valence-electron chi connectivity index (χ3n) is 5.09. The maximum absolute atomic E-state index is 12.4. The Morgan fingerprint density at radius 2 is 1.65 bits per heavy atom. The van der Waals surface area contributed by atoms with E-state index in [4.69, 9.17) is 11.6 Å². The number of carbonyl (C=O) groups is 2. The molecule has 0 aromatic carbocycles. The largest absolute Gasteiger partial charge is 0.342 e. The van der Waals surface area contributed by atoms with Crippen LogP contribution in [0.5, 0.6) is 0 Å². The number of halogens is 1. The Kier molecular flexibility index (Phi) is 6.92. The number of likely N-dealkylation sites (N-methyl/N-ethyl adjacent to an activating group) is 1. The average Bonchev–Trinajstić information content (AvgIpc) is 3.28. The molecule has 3 rings (SSSR count). The number of piperazine rings is 1. The first-order valence-electron chi connectivity index (χ1n) is 9.22. The molecule has 3 heterocycles. The van der Waals surface area contributed by atoms with Gasteiger partial charge in [0.1, 0.15) is 0 Å². The second-order valence-electron chi connectivity index (χ2n) is 7.10. The zero-order chi connectivity index (χ0) is 18.5. The Balaban J connectivity index is 1.37. The molecular weight excluding hydrogens is 372 g/mol. The van der Waals surface area contributed by atoms with Gasteiger partial charge in [0.05, 0.1) is 24.0 Å². The minimum atomic E-state index is 0.121. The van der Waals surface area contributed by atoms with Crippen molar-refractivity contribution in [2.24, 2.45) is 0 Å². The molecule has 0 spiro atoms. The van der Waals surface area contributed by atoms with Gasteiger partial charge in [-0.25, -0.2) is 0 Å². The molecule has 8 heteroatoms. The summed E-state index contributed by atoms with van der Waals surface area (Å²) in [4.78, 5) is 33.9. The molecule has 0 aliphatic carbocycles. The average molecular weight is 399 g/mol. The van der Waals surface area contributed by atoms with Crippen LogP contribution in [0.2, 0.25) is 4.34 Å². The lowest BCUT2D eigenvalue weighted by atomic mass is 10.3. The first-order valence-corrected chi connectivity index (χ1v) is 10.4. The highest BCUT2D eigenvalue weighted by atomic mass is 35.5. The maximum atomic E-state index is 12.4. The van der Waals surface area contributed by atoms with Crippen LogP contribution in [0.3, 0.4) is 0 Å². The van der Waals surface area contributed by atoms with E-state index in [0.29, 0.717) is 19.6 Å². The van der Waals surface area contributed by atoms with Crippen LogP contribution in [-0.4, -0.2) is 90.8 Å². The quantitative estimate of drug-likeness (QED) is 0.730.